The zero-order valence-corrected chi connectivity index (χ0v) is 6.52. The van der Waals surface area contributed by atoms with E-state index in [1.807, 2.05) is 12.2 Å². The molecule has 0 saturated carbocycles. The molecule has 1 aliphatic carbocycles. The van der Waals surface area contributed by atoms with Gasteiger partial charge in [-0.25, -0.2) is 0 Å². The molecule has 0 heterocycles. The lowest BCUT2D eigenvalue weighted by Gasteiger charge is -2.01. The van der Waals surface area contributed by atoms with Crippen molar-refractivity contribution in [2.75, 3.05) is 0 Å². The molecule has 0 amide bonds. The highest BCUT2D eigenvalue weighted by Crippen LogP contribution is 2.13. The standard InChI is InChI=1S/C10H12/c1-3-6-10-8-5-4-7-9(10)2/h4,6-8H,3H2,1-2H3/b10-6-. The molecule has 0 radical (unpaired) electrons. The number of hydrogen-bond acceptors (Lipinski definition) is 0. The van der Waals surface area contributed by atoms with E-state index >= 15 is 0 Å². The second-order valence-corrected chi connectivity index (χ2v) is 2.40. The lowest BCUT2D eigenvalue weighted by atomic mass is 10.0. The fraction of sp³-hybridized carbons (Fsp3) is 0.300. The first-order valence-corrected chi connectivity index (χ1v) is 3.64. The molecule has 0 fully saturated rings. The van der Waals surface area contributed by atoms with Gasteiger partial charge in [-0.1, -0.05) is 19.1 Å². The first-order valence-electron chi connectivity index (χ1n) is 3.64. The second kappa shape index (κ2) is 3.24. The van der Waals surface area contributed by atoms with Crippen LogP contribution >= 0.6 is 0 Å². The fourth-order valence-corrected chi connectivity index (χ4v) is 0.961. The topological polar surface area (TPSA) is 0 Å². The third-order valence-corrected chi connectivity index (χ3v) is 1.55. The number of allylic oxidation sites excluding steroid dienone is 5. The summed E-state index contributed by atoms with van der Waals surface area (Å²) in [4.78, 5) is 0. The van der Waals surface area contributed by atoms with Crippen LogP contribution in [0, 0.1) is 0 Å². The van der Waals surface area contributed by atoms with Crippen molar-refractivity contribution in [2.45, 2.75) is 20.3 Å². The van der Waals surface area contributed by atoms with Gasteiger partial charge in [0, 0.05) is 0 Å². The van der Waals surface area contributed by atoms with E-state index in [0.29, 0.717) is 0 Å². The highest BCUT2D eigenvalue weighted by Gasteiger charge is 1.94. The summed E-state index contributed by atoms with van der Waals surface area (Å²) in [5.74, 6) is 0. The minimum Gasteiger partial charge on any atom is -0.120 e. The smallest absolute Gasteiger partial charge is 0.0128 e. The van der Waals surface area contributed by atoms with Crippen LogP contribution in [0.25, 0.3) is 0 Å². The average Bonchev–Trinajstić information content (AvgIpc) is 1.94. The molecule has 1 rings (SSSR count). The molecule has 1 aliphatic rings. The molecule has 0 N–H and O–H groups in total. The Balaban J connectivity index is 2.90. The van der Waals surface area contributed by atoms with Crippen LogP contribution in [-0.2, 0) is 0 Å². The van der Waals surface area contributed by atoms with E-state index < -0.39 is 0 Å². The molecule has 0 nitrogen and oxygen atoms in total. The van der Waals surface area contributed by atoms with Gasteiger partial charge >= 0.3 is 0 Å². The summed E-state index contributed by atoms with van der Waals surface area (Å²) in [6, 6.07) is 0. The van der Waals surface area contributed by atoms with Gasteiger partial charge in [0.2, 0.25) is 0 Å². The van der Waals surface area contributed by atoms with E-state index in [1.54, 1.807) is 0 Å². The van der Waals surface area contributed by atoms with Crippen LogP contribution in [-0.4, -0.2) is 0 Å². The van der Waals surface area contributed by atoms with Crippen molar-refractivity contribution in [1.29, 1.82) is 0 Å². The van der Waals surface area contributed by atoms with Crippen molar-refractivity contribution in [1.82, 2.24) is 0 Å². The van der Waals surface area contributed by atoms with Crippen LogP contribution in [0.1, 0.15) is 20.3 Å². The molecule has 0 aromatic heterocycles. The molecule has 10 heavy (non-hydrogen) atoms. The van der Waals surface area contributed by atoms with Crippen molar-refractivity contribution in [2.24, 2.45) is 0 Å². The summed E-state index contributed by atoms with van der Waals surface area (Å²) < 4.78 is 0. The SMILES string of the molecule is CC/C=C1/C=C=CC=C1C. The Bertz CT molecular complexity index is 233. The fourth-order valence-electron chi connectivity index (χ4n) is 0.961. The Morgan fingerprint density at radius 3 is 3.00 bits per heavy atom. The highest BCUT2D eigenvalue weighted by atomic mass is 14.0. The van der Waals surface area contributed by atoms with Crippen molar-refractivity contribution in [3.63, 3.8) is 0 Å². The minimum absolute atomic E-state index is 1.10. The second-order valence-electron chi connectivity index (χ2n) is 2.40. The van der Waals surface area contributed by atoms with Gasteiger partial charge in [0.25, 0.3) is 0 Å². The van der Waals surface area contributed by atoms with Crippen LogP contribution in [0.15, 0.2) is 41.2 Å². The Kier molecular flexibility index (Phi) is 2.30. The zero-order valence-electron chi connectivity index (χ0n) is 6.52. The molecule has 52 valence electrons. The van der Waals surface area contributed by atoms with E-state index in [2.05, 4.69) is 31.7 Å². The molecule has 0 atom stereocenters. The summed E-state index contributed by atoms with van der Waals surface area (Å²) in [5.41, 5.74) is 5.70. The lowest BCUT2D eigenvalue weighted by Crippen LogP contribution is -1.82. The molecule has 0 aromatic rings. The Hall–Kier alpha value is -1.00. The number of rotatable bonds is 1. The quantitative estimate of drug-likeness (QED) is 0.481. The van der Waals surface area contributed by atoms with Crippen molar-refractivity contribution in [3.8, 4) is 0 Å². The molecule has 0 saturated heterocycles. The van der Waals surface area contributed by atoms with Gasteiger partial charge in [0.1, 0.15) is 0 Å². The summed E-state index contributed by atoms with van der Waals surface area (Å²) in [5, 5.41) is 0. The Morgan fingerprint density at radius 1 is 1.60 bits per heavy atom. The van der Waals surface area contributed by atoms with Crippen LogP contribution in [0.5, 0.6) is 0 Å². The van der Waals surface area contributed by atoms with Crippen LogP contribution < -0.4 is 0 Å². The molecule has 0 heteroatoms. The van der Waals surface area contributed by atoms with Gasteiger partial charge in [-0.05, 0) is 36.6 Å². The van der Waals surface area contributed by atoms with Gasteiger partial charge in [-0.3, -0.25) is 0 Å². The summed E-state index contributed by atoms with van der Waals surface area (Å²) in [7, 11) is 0. The van der Waals surface area contributed by atoms with Crippen LogP contribution in [0.3, 0.4) is 0 Å². The van der Waals surface area contributed by atoms with Crippen LogP contribution in [0.2, 0.25) is 0 Å². The normalized spacial score (nSPS) is 19.8. The molecule has 0 unspecified atom stereocenters. The average molecular weight is 132 g/mol. The first-order chi connectivity index (χ1) is 4.84. The van der Waals surface area contributed by atoms with E-state index in [0.717, 1.165) is 6.42 Å². The lowest BCUT2D eigenvalue weighted by molar-refractivity contribution is 1.19. The Labute approximate surface area is 62.3 Å². The largest absolute Gasteiger partial charge is 0.120 e. The first kappa shape index (κ1) is 7.11. The maximum atomic E-state index is 3.06. The monoisotopic (exact) mass is 132 g/mol. The third-order valence-electron chi connectivity index (χ3n) is 1.55. The summed E-state index contributed by atoms with van der Waals surface area (Å²) in [6.07, 6.45) is 9.37. The van der Waals surface area contributed by atoms with E-state index in [1.165, 1.54) is 11.1 Å². The Morgan fingerprint density at radius 2 is 2.40 bits per heavy atom. The predicted octanol–water partition coefficient (Wildman–Crippen LogP) is 2.99. The van der Waals surface area contributed by atoms with E-state index in [-0.39, 0.29) is 0 Å². The molecular formula is C10H12. The maximum absolute atomic E-state index is 3.06. The molecule has 0 aromatic carbocycles. The summed E-state index contributed by atoms with van der Waals surface area (Å²) in [6.45, 7) is 4.27. The van der Waals surface area contributed by atoms with E-state index in [9.17, 15) is 0 Å². The van der Waals surface area contributed by atoms with E-state index in [4.69, 9.17) is 0 Å². The molecule has 0 spiro atoms. The predicted molar refractivity (Wildman–Crippen MR) is 44.8 cm³/mol. The van der Waals surface area contributed by atoms with Gasteiger partial charge in [0.15, 0.2) is 0 Å². The van der Waals surface area contributed by atoms with Gasteiger partial charge in [0.05, 0.1) is 0 Å². The maximum Gasteiger partial charge on any atom is -0.0128 e. The summed E-state index contributed by atoms with van der Waals surface area (Å²) >= 11 is 0. The highest BCUT2D eigenvalue weighted by molar-refractivity contribution is 5.42. The van der Waals surface area contributed by atoms with Gasteiger partial charge < -0.3 is 0 Å². The van der Waals surface area contributed by atoms with Crippen molar-refractivity contribution < 1.29 is 0 Å². The number of hydrogen-bond donors (Lipinski definition) is 0. The molecule has 0 bridgehead atoms. The van der Waals surface area contributed by atoms with Crippen molar-refractivity contribution in [3.05, 3.63) is 41.2 Å². The third kappa shape index (κ3) is 1.49. The van der Waals surface area contributed by atoms with Crippen molar-refractivity contribution >= 4 is 0 Å². The minimum atomic E-state index is 1.10. The molecular weight excluding hydrogens is 120 g/mol. The van der Waals surface area contributed by atoms with Crippen LogP contribution in [0.4, 0.5) is 0 Å². The zero-order chi connectivity index (χ0) is 7.40. The van der Waals surface area contributed by atoms with Gasteiger partial charge in [-0.2, -0.15) is 0 Å². The molecule has 0 aliphatic heterocycles. The van der Waals surface area contributed by atoms with Gasteiger partial charge in [-0.15, -0.1) is 5.73 Å².